The fourth-order valence-electron chi connectivity index (χ4n) is 3.68. The van der Waals surface area contributed by atoms with E-state index in [9.17, 15) is 4.79 Å². The van der Waals surface area contributed by atoms with Crippen LogP contribution in [-0.2, 0) is 9.53 Å². The van der Waals surface area contributed by atoms with E-state index in [1.54, 1.807) is 14.2 Å². The third kappa shape index (κ3) is 3.52. The number of ether oxygens (including phenoxy) is 2. The van der Waals surface area contributed by atoms with Crippen LogP contribution in [0.15, 0.2) is 24.3 Å². The predicted octanol–water partition coefficient (Wildman–Crippen LogP) is 3.07. The summed E-state index contributed by atoms with van der Waals surface area (Å²) >= 11 is 0. The van der Waals surface area contributed by atoms with Crippen molar-refractivity contribution in [2.24, 2.45) is 11.3 Å². The highest BCUT2D eigenvalue weighted by Crippen LogP contribution is 2.49. The SMILES string of the molecule is COCC1(C)CCN(C(=O)[C@H]2C[C@@H]2c2ccc(OC)cc2)CC1. The van der Waals surface area contributed by atoms with Crippen molar-refractivity contribution in [1.29, 1.82) is 0 Å². The number of amides is 1. The Morgan fingerprint density at radius 3 is 2.43 bits per heavy atom. The zero-order valence-corrected chi connectivity index (χ0v) is 14.4. The summed E-state index contributed by atoms with van der Waals surface area (Å²) in [6, 6.07) is 8.13. The quantitative estimate of drug-likeness (QED) is 0.838. The molecule has 0 spiro atoms. The maximum atomic E-state index is 12.7. The minimum Gasteiger partial charge on any atom is -0.497 e. The van der Waals surface area contributed by atoms with Gasteiger partial charge in [0.15, 0.2) is 0 Å². The second-order valence-electron chi connectivity index (χ2n) is 7.29. The molecule has 3 rings (SSSR count). The number of rotatable bonds is 5. The van der Waals surface area contributed by atoms with Crippen molar-refractivity contribution in [3.63, 3.8) is 0 Å². The van der Waals surface area contributed by atoms with E-state index in [4.69, 9.17) is 9.47 Å². The lowest BCUT2D eigenvalue weighted by molar-refractivity contribution is -0.135. The first-order chi connectivity index (χ1) is 11.1. The molecule has 126 valence electrons. The summed E-state index contributed by atoms with van der Waals surface area (Å²) in [7, 11) is 3.43. The van der Waals surface area contributed by atoms with Gasteiger partial charge in [-0.1, -0.05) is 19.1 Å². The molecule has 0 unspecified atom stereocenters. The second-order valence-corrected chi connectivity index (χ2v) is 7.29. The summed E-state index contributed by atoms with van der Waals surface area (Å²) in [4.78, 5) is 14.8. The van der Waals surface area contributed by atoms with E-state index in [2.05, 4.69) is 24.0 Å². The molecule has 0 bridgehead atoms. The van der Waals surface area contributed by atoms with E-state index in [1.165, 1.54) is 5.56 Å². The first kappa shape index (κ1) is 16.3. The van der Waals surface area contributed by atoms with Crippen molar-refractivity contribution in [3.05, 3.63) is 29.8 Å². The monoisotopic (exact) mass is 317 g/mol. The van der Waals surface area contributed by atoms with Gasteiger partial charge in [-0.25, -0.2) is 0 Å². The molecular formula is C19H27NO3. The summed E-state index contributed by atoms with van der Waals surface area (Å²) < 4.78 is 10.5. The Morgan fingerprint density at radius 2 is 1.87 bits per heavy atom. The second kappa shape index (κ2) is 6.52. The standard InChI is InChI=1S/C19H27NO3/c1-19(13-22-2)8-10-20(11-9-19)18(21)17-12-16(17)14-4-6-15(23-3)7-5-14/h4-7,16-17H,8-13H2,1-3H3/t16-,17+/m1/s1. The van der Waals surface area contributed by atoms with Crippen molar-refractivity contribution >= 4 is 5.91 Å². The normalized spacial score (nSPS) is 26.0. The van der Waals surface area contributed by atoms with Gasteiger partial charge < -0.3 is 14.4 Å². The Hall–Kier alpha value is -1.55. The van der Waals surface area contributed by atoms with Gasteiger partial charge >= 0.3 is 0 Å². The largest absolute Gasteiger partial charge is 0.497 e. The number of likely N-dealkylation sites (tertiary alicyclic amines) is 1. The van der Waals surface area contributed by atoms with Gasteiger partial charge in [-0.05, 0) is 48.3 Å². The fourth-order valence-corrected chi connectivity index (χ4v) is 3.68. The molecule has 1 amide bonds. The van der Waals surface area contributed by atoms with Crippen LogP contribution >= 0.6 is 0 Å². The van der Waals surface area contributed by atoms with E-state index in [0.29, 0.717) is 11.8 Å². The molecule has 4 heteroatoms. The van der Waals surface area contributed by atoms with Crippen molar-refractivity contribution in [2.75, 3.05) is 33.9 Å². The van der Waals surface area contributed by atoms with Gasteiger partial charge in [-0.15, -0.1) is 0 Å². The van der Waals surface area contributed by atoms with E-state index in [0.717, 1.165) is 44.7 Å². The first-order valence-corrected chi connectivity index (χ1v) is 8.48. The molecule has 1 heterocycles. The van der Waals surface area contributed by atoms with Crippen molar-refractivity contribution in [1.82, 2.24) is 4.90 Å². The summed E-state index contributed by atoms with van der Waals surface area (Å²) in [5.74, 6) is 1.77. The molecule has 23 heavy (non-hydrogen) atoms. The predicted molar refractivity (Wildman–Crippen MR) is 89.6 cm³/mol. The number of carbonyl (C=O) groups excluding carboxylic acids is 1. The average Bonchev–Trinajstić information content (AvgIpc) is 3.36. The van der Waals surface area contributed by atoms with E-state index < -0.39 is 0 Å². The minimum atomic E-state index is 0.176. The summed E-state index contributed by atoms with van der Waals surface area (Å²) in [6.07, 6.45) is 3.05. The number of methoxy groups -OCH3 is 2. The van der Waals surface area contributed by atoms with E-state index >= 15 is 0 Å². The van der Waals surface area contributed by atoms with Crippen LogP contribution in [0, 0.1) is 11.3 Å². The van der Waals surface area contributed by atoms with Crippen molar-refractivity contribution in [3.8, 4) is 5.75 Å². The highest BCUT2D eigenvalue weighted by atomic mass is 16.5. The Labute approximate surface area is 138 Å². The molecule has 0 N–H and O–H groups in total. The average molecular weight is 317 g/mol. The number of piperidine rings is 1. The van der Waals surface area contributed by atoms with E-state index in [1.807, 2.05) is 12.1 Å². The molecule has 1 saturated heterocycles. The maximum absolute atomic E-state index is 12.7. The van der Waals surface area contributed by atoms with Gasteiger partial charge in [-0.3, -0.25) is 4.79 Å². The maximum Gasteiger partial charge on any atom is 0.226 e. The third-order valence-corrected chi connectivity index (χ3v) is 5.43. The van der Waals surface area contributed by atoms with Crippen LogP contribution in [0.5, 0.6) is 5.75 Å². The van der Waals surface area contributed by atoms with Crippen LogP contribution in [0.25, 0.3) is 0 Å². The Kier molecular flexibility index (Phi) is 4.62. The molecule has 4 nitrogen and oxygen atoms in total. The van der Waals surface area contributed by atoms with Gasteiger partial charge in [0.05, 0.1) is 13.7 Å². The molecular weight excluding hydrogens is 290 g/mol. The molecule has 1 aromatic rings. The molecule has 0 aromatic heterocycles. The third-order valence-electron chi connectivity index (χ3n) is 5.43. The lowest BCUT2D eigenvalue weighted by Gasteiger charge is -2.39. The fraction of sp³-hybridized carbons (Fsp3) is 0.632. The number of hydrogen-bond donors (Lipinski definition) is 0. The van der Waals surface area contributed by atoms with Crippen LogP contribution in [-0.4, -0.2) is 44.7 Å². The zero-order valence-electron chi connectivity index (χ0n) is 14.4. The Bertz CT molecular complexity index is 546. The van der Waals surface area contributed by atoms with Crippen LogP contribution in [0.4, 0.5) is 0 Å². The summed E-state index contributed by atoms with van der Waals surface area (Å²) in [5.41, 5.74) is 1.48. The number of hydrogen-bond acceptors (Lipinski definition) is 3. The van der Waals surface area contributed by atoms with Gasteiger partial charge in [-0.2, -0.15) is 0 Å². The minimum absolute atomic E-state index is 0.176. The molecule has 1 aromatic carbocycles. The van der Waals surface area contributed by atoms with Gasteiger partial charge in [0.1, 0.15) is 5.75 Å². The lowest BCUT2D eigenvalue weighted by Crippen LogP contribution is -2.44. The van der Waals surface area contributed by atoms with Gasteiger partial charge in [0, 0.05) is 26.1 Å². The van der Waals surface area contributed by atoms with Gasteiger partial charge in [0.25, 0.3) is 0 Å². The number of benzene rings is 1. The van der Waals surface area contributed by atoms with Crippen molar-refractivity contribution < 1.29 is 14.3 Å². The number of nitrogens with zero attached hydrogens (tertiary/aromatic N) is 1. The highest BCUT2D eigenvalue weighted by molar-refractivity contribution is 5.83. The van der Waals surface area contributed by atoms with Gasteiger partial charge in [0.2, 0.25) is 5.91 Å². The van der Waals surface area contributed by atoms with Crippen LogP contribution in [0.1, 0.15) is 37.7 Å². The summed E-state index contributed by atoms with van der Waals surface area (Å²) in [6.45, 7) is 4.78. The summed E-state index contributed by atoms with van der Waals surface area (Å²) in [5, 5.41) is 0. The highest BCUT2D eigenvalue weighted by Gasteiger charge is 2.46. The molecule has 2 aliphatic rings. The lowest BCUT2D eigenvalue weighted by atomic mass is 9.81. The van der Waals surface area contributed by atoms with Crippen LogP contribution in [0.3, 0.4) is 0 Å². The van der Waals surface area contributed by atoms with Crippen molar-refractivity contribution in [2.45, 2.75) is 32.1 Å². The van der Waals surface area contributed by atoms with Crippen LogP contribution in [0.2, 0.25) is 0 Å². The topological polar surface area (TPSA) is 38.8 Å². The van der Waals surface area contributed by atoms with Crippen LogP contribution < -0.4 is 4.74 Å². The molecule has 2 atom stereocenters. The zero-order chi connectivity index (χ0) is 16.4. The Balaban J connectivity index is 1.54. The first-order valence-electron chi connectivity index (χ1n) is 8.48. The number of carbonyl (C=O) groups is 1. The smallest absolute Gasteiger partial charge is 0.226 e. The molecule has 0 radical (unpaired) electrons. The van der Waals surface area contributed by atoms with E-state index in [-0.39, 0.29) is 11.3 Å². The Morgan fingerprint density at radius 1 is 1.22 bits per heavy atom. The molecule has 1 aliphatic carbocycles. The molecule has 2 fully saturated rings. The molecule has 1 saturated carbocycles. The molecule has 1 aliphatic heterocycles.